The van der Waals surface area contributed by atoms with E-state index in [2.05, 4.69) is 10.2 Å². The number of H-pyrrole nitrogens is 1. The molecule has 1 aliphatic rings. The van der Waals surface area contributed by atoms with E-state index in [0.29, 0.717) is 15.4 Å². The number of aromatic nitrogens is 2. The molecule has 0 atom stereocenters. The number of amides is 1. The Bertz CT molecular complexity index is 1150. The highest BCUT2D eigenvalue weighted by molar-refractivity contribution is 7.92. The maximum Gasteiger partial charge on any atom is 0.326 e. The van der Waals surface area contributed by atoms with Crippen LogP contribution in [-0.4, -0.2) is 36.2 Å². The highest BCUT2D eigenvalue weighted by Crippen LogP contribution is 2.39. The van der Waals surface area contributed by atoms with Gasteiger partial charge in [-0.2, -0.15) is 13.5 Å². The van der Waals surface area contributed by atoms with Gasteiger partial charge in [-0.1, -0.05) is 6.07 Å². The smallest absolute Gasteiger partial charge is 0.326 e. The molecule has 4 rings (SSSR count). The fourth-order valence-corrected chi connectivity index (χ4v) is 3.97. The average molecular weight is 392 g/mol. The van der Waals surface area contributed by atoms with Crippen molar-refractivity contribution in [2.24, 2.45) is 0 Å². The van der Waals surface area contributed by atoms with Crippen molar-refractivity contribution < 1.29 is 27.4 Å². The molecule has 1 aliphatic heterocycles. The number of carbonyl (C=O) groups excluding carboxylic acids is 1. The van der Waals surface area contributed by atoms with E-state index >= 15 is 4.39 Å². The molecular weight excluding hydrogens is 379 g/mol. The maximum atomic E-state index is 15.1. The van der Waals surface area contributed by atoms with Gasteiger partial charge in [0.15, 0.2) is 5.82 Å². The van der Waals surface area contributed by atoms with E-state index < -0.39 is 39.9 Å². The van der Waals surface area contributed by atoms with E-state index in [9.17, 15) is 18.3 Å². The number of aromatic amines is 1. The second-order valence-corrected chi connectivity index (χ2v) is 7.47. The van der Waals surface area contributed by atoms with E-state index in [1.807, 2.05) is 0 Å². The molecule has 0 unspecified atom stereocenters. The number of ether oxygens (including phenoxy) is 1. The number of nitrogens with zero attached hydrogens (tertiary/aromatic N) is 2. The Morgan fingerprint density at radius 1 is 1.33 bits per heavy atom. The summed E-state index contributed by atoms with van der Waals surface area (Å²) >= 11 is 0. The van der Waals surface area contributed by atoms with Gasteiger partial charge in [-0.05, 0) is 23.6 Å². The highest BCUT2D eigenvalue weighted by Gasteiger charge is 2.37. The Morgan fingerprint density at radius 2 is 2.15 bits per heavy atom. The molecule has 0 aliphatic carbocycles. The third-order valence-electron chi connectivity index (χ3n) is 4.03. The van der Waals surface area contributed by atoms with Crippen LogP contribution in [0, 0.1) is 5.82 Å². The number of hydrogen-bond acceptors (Lipinski definition) is 6. The molecule has 0 bridgehead atoms. The minimum absolute atomic E-state index is 0.0436. The number of halogens is 1. The van der Waals surface area contributed by atoms with Crippen molar-refractivity contribution in [1.29, 1.82) is 0 Å². The van der Waals surface area contributed by atoms with Gasteiger partial charge >= 0.3 is 10.2 Å². The third kappa shape index (κ3) is 3.01. The minimum Gasteiger partial charge on any atom is -0.506 e. The summed E-state index contributed by atoms with van der Waals surface area (Å²) < 4.78 is 46.9. The molecule has 3 aromatic rings. The lowest BCUT2D eigenvalue weighted by molar-refractivity contribution is -0.117. The minimum atomic E-state index is -4.26. The van der Waals surface area contributed by atoms with Gasteiger partial charge < -0.3 is 9.84 Å². The van der Waals surface area contributed by atoms with E-state index in [0.717, 1.165) is 5.56 Å². The van der Waals surface area contributed by atoms with Gasteiger partial charge in [-0.25, -0.2) is 13.4 Å². The quantitative estimate of drug-likeness (QED) is 0.612. The zero-order chi connectivity index (χ0) is 19.2. The summed E-state index contributed by atoms with van der Waals surface area (Å²) in [5.41, 5.74) is 0.197. The van der Waals surface area contributed by atoms with Crippen LogP contribution < -0.4 is 13.8 Å². The summed E-state index contributed by atoms with van der Waals surface area (Å²) in [5.74, 6) is -2.03. The molecule has 140 valence electrons. The van der Waals surface area contributed by atoms with Crippen LogP contribution in [0.5, 0.6) is 11.5 Å². The first-order valence-electron chi connectivity index (χ1n) is 7.74. The second-order valence-electron chi connectivity index (χ2n) is 5.87. The molecule has 27 heavy (non-hydrogen) atoms. The van der Waals surface area contributed by atoms with Crippen molar-refractivity contribution in [1.82, 2.24) is 14.9 Å². The molecular formula is C16H13FN4O5S. The molecule has 1 saturated heterocycles. The van der Waals surface area contributed by atoms with Gasteiger partial charge in [-0.3, -0.25) is 9.89 Å². The Labute approximate surface area is 152 Å². The summed E-state index contributed by atoms with van der Waals surface area (Å²) in [6.07, 6.45) is 3.24. The molecule has 3 N–H and O–H groups in total. The molecule has 2 aromatic carbocycles. The number of rotatable bonds is 4. The summed E-state index contributed by atoms with van der Waals surface area (Å²) in [6.45, 7) is -0.414. The number of fused-ring (bicyclic) bond motifs is 1. The molecule has 0 spiro atoms. The normalized spacial score (nSPS) is 15.9. The lowest BCUT2D eigenvalue weighted by atomic mass is 10.1. The first-order valence-corrected chi connectivity index (χ1v) is 9.18. The van der Waals surface area contributed by atoms with Crippen molar-refractivity contribution in [3.05, 3.63) is 48.0 Å². The van der Waals surface area contributed by atoms with Crippen LogP contribution in [-0.2, 0) is 21.6 Å². The molecule has 2 heterocycles. The van der Waals surface area contributed by atoms with Crippen LogP contribution in [0.4, 0.5) is 10.1 Å². The van der Waals surface area contributed by atoms with Crippen LogP contribution in [0.15, 0.2) is 36.7 Å². The number of aromatic hydroxyl groups is 1. The molecule has 0 saturated carbocycles. The van der Waals surface area contributed by atoms with Gasteiger partial charge in [0.2, 0.25) is 0 Å². The van der Waals surface area contributed by atoms with E-state index in [1.54, 1.807) is 23.2 Å². The number of carbonyl (C=O) groups is 1. The van der Waals surface area contributed by atoms with Gasteiger partial charge in [-0.15, -0.1) is 0 Å². The summed E-state index contributed by atoms with van der Waals surface area (Å²) in [6, 6.07) is 5.75. The maximum absolute atomic E-state index is 15.1. The van der Waals surface area contributed by atoms with Gasteiger partial charge in [0.05, 0.1) is 6.20 Å². The van der Waals surface area contributed by atoms with Crippen molar-refractivity contribution in [3.8, 4) is 11.5 Å². The highest BCUT2D eigenvalue weighted by atomic mass is 32.2. The lowest BCUT2D eigenvalue weighted by Crippen LogP contribution is -2.30. The second kappa shape index (κ2) is 6.13. The molecule has 0 radical (unpaired) electrons. The zero-order valence-electron chi connectivity index (χ0n) is 13.6. The fourth-order valence-electron chi connectivity index (χ4n) is 2.80. The van der Waals surface area contributed by atoms with Crippen LogP contribution >= 0.6 is 0 Å². The number of nitrogens with one attached hydrogen (secondary N) is 2. The van der Waals surface area contributed by atoms with Gasteiger partial charge in [0.1, 0.15) is 30.3 Å². The van der Waals surface area contributed by atoms with Gasteiger partial charge in [0, 0.05) is 17.1 Å². The van der Waals surface area contributed by atoms with Crippen LogP contribution in [0.1, 0.15) is 5.56 Å². The molecule has 1 fully saturated rings. The molecule has 11 heteroatoms. The van der Waals surface area contributed by atoms with Crippen molar-refractivity contribution in [2.45, 2.75) is 6.61 Å². The standard InChI is InChI=1S/C16H13FN4O5S/c17-15-12-4-11(26-8-9-5-18-19-6-9)2-1-10(12)3-13(22)16(15)21-7-14(23)20-27(21,24)25/h1-6,22H,7-8H2,(H,18,19)(H,20,23). The number of phenols is 1. The van der Waals surface area contributed by atoms with Crippen LogP contribution in [0.25, 0.3) is 10.8 Å². The van der Waals surface area contributed by atoms with Crippen molar-refractivity contribution in [2.75, 3.05) is 10.8 Å². The fraction of sp³-hybridized carbons (Fsp3) is 0.125. The zero-order valence-corrected chi connectivity index (χ0v) is 14.5. The van der Waals surface area contributed by atoms with Crippen molar-refractivity contribution in [3.63, 3.8) is 0 Å². The Balaban J connectivity index is 1.76. The van der Waals surface area contributed by atoms with E-state index in [-0.39, 0.29) is 12.0 Å². The number of benzene rings is 2. The summed E-state index contributed by atoms with van der Waals surface area (Å²) in [7, 11) is -4.26. The molecule has 1 aromatic heterocycles. The topological polar surface area (TPSA) is 125 Å². The Kier molecular flexibility index (Phi) is 3.88. The van der Waals surface area contributed by atoms with Crippen LogP contribution in [0.3, 0.4) is 0 Å². The van der Waals surface area contributed by atoms with Crippen LogP contribution in [0.2, 0.25) is 0 Å². The summed E-state index contributed by atoms with van der Waals surface area (Å²) in [5, 5.41) is 17.0. The summed E-state index contributed by atoms with van der Waals surface area (Å²) in [4.78, 5) is 11.4. The van der Waals surface area contributed by atoms with E-state index in [1.165, 1.54) is 18.2 Å². The Morgan fingerprint density at radius 3 is 2.81 bits per heavy atom. The predicted octanol–water partition coefficient (Wildman–Crippen LogP) is 1.17. The number of hydrogen-bond donors (Lipinski definition) is 3. The predicted molar refractivity (Wildman–Crippen MR) is 92.9 cm³/mol. The largest absolute Gasteiger partial charge is 0.506 e. The first kappa shape index (κ1) is 17.1. The molecule has 9 nitrogen and oxygen atoms in total. The first-order chi connectivity index (χ1) is 12.8. The number of phenolic OH excluding ortho intramolecular Hbond substituents is 1. The number of anilines is 1. The van der Waals surface area contributed by atoms with E-state index in [4.69, 9.17) is 4.74 Å². The molecule has 1 amide bonds. The monoisotopic (exact) mass is 392 g/mol. The van der Waals surface area contributed by atoms with Gasteiger partial charge in [0.25, 0.3) is 5.91 Å². The lowest BCUT2D eigenvalue weighted by Gasteiger charge is -2.18. The third-order valence-corrected chi connectivity index (χ3v) is 5.41. The SMILES string of the molecule is O=C1CN(c2c(O)cc3ccc(OCc4cn[nH]c4)cc3c2F)S(=O)(=O)N1. The Hall–Kier alpha value is -3.34. The average Bonchev–Trinajstić information content (AvgIpc) is 3.21. The van der Waals surface area contributed by atoms with Crippen molar-refractivity contribution >= 4 is 32.6 Å².